The van der Waals surface area contributed by atoms with Crippen molar-refractivity contribution in [2.24, 2.45) is 0 Å². The Morgan fingerprint density at radius 3 is 2.38 bits per heavy atom. The number of anilines is 1. The van der Waals surface area contributed by atoms with Gasteiger partial charge in [-0.15, -0.1) is 0 Å². The third-order valence-electron chi connectivity index (χ3n) is 5.86. The zero-order chi connectivity index (χ0) is 20.2. The summed E-state index contributed by atoms with van der Waals surface area (Å²) in [4.78, 5) is 16.4. The predicted molar refractivity (Wildman–Crippen MR) is 116 cm³/mol. The number of aromatic nitrogens is 1. The lowest BCUT2D eigenvalue weighted by Gasteiger charge is -2.36. The molecule has 1 aliphatic heterocycles. The highest BCUT2D eigenvalue weighted by molar-refractivity contribution is 5.98. The van der Waals surface area contributed by atoms with Crippen LogP contribution >= 0.6 is 0 Å². The Labute approximate surface area is 171 Å². The first-order chi connectivity index (χ1) is 14.1. The highest BCUT2D eigenvalue weighted by atomic mass is 19.1. The van der Waals surface area contributed by atoms with Gasteiger partial charge in [-0.1, -0.05) is 0 Å². The predicted octanol–water partition coefficient (Wildman–Crippen LogP) is 4.59. The summed E-state index contributed by atoms with van der Waals surface area (Å²) in [7, 11) is 0. The molecule has 1 fully saturated rings. The number of ketones is 1. The van der Waals surface area contributed by atoms with Gasteiger partial charge in [0.25, 0.3) is 0 Å². The molecule has 1 aliphatic rings. The topological polar surface area (TPSA) is 28.5 Å². The number of benzene rings is 2. The Morgan fingerprint density at radius 1 is 0.931 bits per heavy atom. The van der Waals surface area contributed by atoms with Crippen molar-refractivity contribution in [3.8, 4) is 0 Å². The first kappa shape index (κ1) is 19.6. The van der Waals surface area contributed by atoms with E-state index in [2.05, 4.69) is 32.7 Å². The van der Waals surface area contributed by atoms with Gasteiger partial charge in [0.2, 0.25) is 0 Å². The monoisotopic (exact) mass is 393 g/mol. The van der Waals surface area contributed by atoms with Crippen molar-refractivity contribution in [3.05, 3.63) is 66.1 Å². The standard InChI is InChI=1S/C24H28FN3O/c1-19(29)20-4-9-24-21(18-20)10-13-28(24)12-3-2-11-26-14-16-27(17-15-26)23-7-5-22(25)6-8-23/h4-10,13,18H,2-3,11-12,14-17H2,1H3. The Kier molecular flexibility index (Phi) is 5.95. The van der Waals surface area contributed by atoms with E-state index in [0.29, 0.717) is 0 Å². The fourth-order valence-electron chi connectivity index (χ4n) is 4.11. The normalized spacial score (nSPS) is 15.2. The Bertz CT molecular complexity index is 971. The number of unbranched alkanes of at least 4 members (excludes halogenated alkanes) is 1. The minimum Gasteiger partial charge on any atom is -0.369 e. The SMILES string of the molecule is CC(=O)c1ccc2c(ccn2CCCCN2CCN(c3ccc(F)cc3)CC2)c1. The van der Waals surface area contributed by atoms with E-state index in [0.717, 1.165) is 62.3 Å². The minimum atomic E-state index is -0.179. The zero-order valence-electron chi connectivity index (χ0n) is 17.0. The molecule has 0 atom stereocenters. The third-order valence-corrected chi connectivity index (χ3v) is 5.86. The number of hydrogen-bond donors (Lipinski definition) is 0. The van der Waals surface area contributed by atoms with Crippen molar-refractivity contribution in [1.82, 2.24) is 9.47 Å². The molecule has 4 rings (SSSR count). The molecule has 2 heterocycles. The summed E-state index contributed by atoms with van der Waals surface area (Å²) < 4.78 is 15.4. The first-order valence-electron chi connectivity index (χ1n) is 10.4. The number of nitrogens with zero attached hydrogens (tertiary/aromatic N) is 3. The summed E-state index contributed by atoms with van der Waals surface area (Å²) >= 11 is 0. The summed E-state index contributed by atoms with van der Waals surface area (Å²) in [6.07, 6.45) is 4.42. The Morgan fingerprint density at radius 2 is 1.66 bits per heavy atom. The second kappa shape index (κ2) is 8.78. The molecule has 0 aliphatic carbocycles. The molecule has 0 amide bonds. The van der Waals surface area contributed by atoms with Crippen LogP contribution in [-0.4, -0.2) is 48.0 Å². The second-order valence-electron chi connectivity index (χ2n) is 7.85. The number of fused-ring (bicyclic) bond motifs is 1. The molecule has 3 aromatic rings. The van der Waals surface area contributed by atoms with Crippen LogP contribution in [0.4, 0.5) is 10.1 Å². The molecule has 29 heavy (non-hydrogen) atoms. The molecule has 0 bridgehead atoms. The van der Waals surface area contributed by atoms with Crippen LogP contribution in [0.2, 0.25) is 0 Å². The van der Waals surface area contributed by atoms with E-state index in [1.807, 2.05) is 24.3 Å². The van der Waals surface area contributed by atoms with E-state index in [9.17, 15) is 9.18 Å². The van der Waals surface area contributed by atoms with Gasteiger partial charge in [0.05, 0.1) is 0 Å². The average molecular weight is 394 g/mol. The lowest BCUT2D eigenvalue weighted by Crippen LogP contribution is -2.46. The van der Waals surface area contributed by atoms with Crippen molar-refractivity contribution >= 4 is 22.4 Å². The minimum absolute atomic E-state index is 0.110. The molecule has 0 saturated carbocycles. The number of piperazine rings is 1. The number of Topliss-reactive ketones (excluding diaryl/α,β-unsaturated/α-hetero) is 1. The van der Waals surface area contributed by atoms with Gasteiger partial charge < -0.3 is 9.47 Å². The van der Waals surface area contributed by atoms with Crippen LogP contribution in [0.1, 0.15) is 30.1 Å². The highest BCUT2D eigenvalue weighted by Gasteiger charge is 2.16. The van der Waals surface area contributed by atoms with Crippen LogP contribution in [-0.2, 0) is 6.54 Å². The molecular formula is C24H28FN3O. The van der Waals surface area contributed by atoms with E-state index >= 15 is 0 Å². The number of hydrogen-bond acceptors (Lipinski definition) is 3. The van der Waals surface area contributed by atoms with Crippen LogP contribution in [0, 0.1) is 5.82 Å². The summed E-state index contributed by atoms with van der Waals surface area (Å²) in [6.45, 7) is 7.81. The third kappa shape index (κ3) is 4.67. The number of halogens is 1. The molecule has 5 heteroatoms. The van der Waals surface area contributed by atoms with Crippen molar-refractivity contribution in [1.29, 1.82) is 0 Å². The van der Waals surface area contributed by atoms with E-state index < -0.39 is 0 Å². The quantitative estimate of drug-likeness (QED) is 0.434. The molecule has 0 unspecified atom stereocenters. The smallest absolute Gasteiger partial charge is 0.159 e. The molecule has 4 nitrogen and oxygen atoms in total. The lowest BCUT2D eigenvalue weighted by molar-refractivity contribution is 0.101. The summed E-state index contributed by atoms with van der Waals surface area (Å²) in [5.74, 6) is -0.0682. The largest absolute Gasteiger partial charge is 0.369 e. The van der Waals surface area contributed by atoms with E-state index in [4.69, 9.17) is 0 Å². The van der Waals surface area contributed by atoms with Gasteiger partial charge in [-0.2, -0.15) is 0 Å². The van der Waals surface area contributed by atoms with Crippen molar-refractivity contribution in [3.63, 3.8) is 0 Å². The lowest BCUT2D eigenvalue weighted by atomic mass is 10.1. The second-order valence-corrected chi connectivity index (χ2v) is 7.85. The number of aryl methyl sites for hydroxylation is 1. The summed E-state index contributed by atoms with van der Waals surface area (Å²) in [5.41, 5.74) is 3.08. The molecule has 0 N–H and O–H groups in total. The summed E-state index contributed by atoms with van der Waals surface area (Å²) in [6, 6.07) is 14.9. The van der Waals surface area contributed by atoms with E-state index in [1.165, 1.54) is 24.1 Å². The highest BCUT2D eigenvalue weighted by Crippen LogP contribution is 2.20. The van der Waals surface area contributed by atoms with Crippen molar-refractivity contribution < 1.29 is 9.18 Å². The fourth-order valence-corrected chi connectivity index (χ4v) is 4.11. The maximum atomic E-state index is 13.1. The zero-order valence-corrected chi connectivity index (χ0v) is 17.0. The van der Waals surface area contributed by atoms with Crippen molar-refractivity contribution in [2.75, 3.05) is 37.6 Å². The van der Waals surface area contributed by atoms with Gasteiger partial charge in [0.1, 0.15) is 5.82 Å². The van der Waals surface area contributed by atoms with Gasteiger partial charge in [-0.3, -0.25) is 9.69 Å². The van der Waals surface area contributed by atoms with Crippen LogP contribution < -0.4 is 4.90 Å². The van der Waals surface area contributed by atoms with Crippen molar-refractivity contribution in [2.45, 2.75) is 26.3 Å². The maximum Gasteiger partial charge on any atom is 0.159 e. The molecule has 2 aromatic carbocycles. The fraction of sp³-hybridized carbons (Fsp3) is 0.375. The Hall–Kier alpha value is -2.66. The van der Waals surface area contributed by atoms with Gasteiger partial charge >= 0.3 is 0 Å². The number of rotatable bonds is 7. The Balaban J connectivity index is 1.22. The van der Waals surface area contributed by atoms with Gasteiger partial charge in [0, 0.05) is 61.1 Å². The molecule has 1 aromatic heterocycles. The number of carbonyl (C=O) groups is 1. The van der Waals surface area contributed by atoms with Gasteiger partial charge in [-0.05, 0) is 74.8 Å². The molecule has 1 saturated heterocycles. The van der Waals surface area contributed by atoms with Crippen LogP contribution in [0.3, 0.4) is 0 Å². The van der Waals surface area contributed by atoms with E-state index in [1.54, 1.807) is 6.92 Å². The molecule has 0 radical (unpaired) electrons. The molecule has 152 valence electrons. The average Bonchev–Trinajstić information content (AvgIpc) is 3.14. The summed E-state index contributed by atoms with van der Waals surface area (Å²) in [5, 5.41) is 1.13. The molecular weight excluding hydrogens is 365 g/mol. The number of carbonyl (C=O) groups excluding carboxylic acids is 1. The van der Waals surface area contributed by atoms with Crippen LogP contribution in [0.15, 0.2) is 54.7 Å². The van der Waals surface area contributed by atoms with Crippen LogP contribution in [0.25, 0.3) is 10.9 Å². The first-order valence-corrected chi connectivity index (χ1v) is 10.4. The molecule has 0 spiro atoms. The maximum absolute atomic E-state index is 13.1. The van der Waals surface area contributed by atoms with E-state index in [-0.39, 0.29) is 11.6 Å². The van der Waals surface area contributed by atoms with Gasteiger partial charge in [0.15, 0.2) is 5.78 Å². The van der Waals surface area contributed by atoms with Crippen LogP contribution in [0.5, 0.6) is 0 Å². The van der Waals surface area contributed by atoms with Gasteiger partial charge in [-0.25, -0.2) is 4.39 Å².